The molecule has 0 aliphatic carbocycles. The summed E-state index contributed by atoms with van der Waals surface area (Å²) in [4.78, 5) is 23.8. The van der Waals surface area contributed by atoms with E-state index >= 15 is 0 Å². The number of hydrogen-bond acceptors (Lipinski definition) is 5. The predicted molar refractivity (Wildman–Crippen MR) is 99.7 cm³/mol. The predicted octanol–water partition coefficient (Wildman–Crippen LogP) is 2.63. The summed E-state index contributed by atoms with van der Waals surface area (Å²) < 4.78 is 5.10. The molecule has 0 unspecified atom stereocenters. The highest BCUT2D eigenvalue weighted by atomic mass is 16.5. The van der Waals surface area contributed by atoms with Crippen molar-refractivity contribution in [3.63, 3.8) is 0 Å². The Hall–Kier alpha value is -2.31. The van der Waals surface area contributed by atoms with Crippen molar-refractivity contribution in [2.45, 2.75) is 39.0 Å². The lowest BCUT2D eigenvalue weighted by atomic mass is 10.1. The molecule has 0 bridgehead atoms. The van der Waals surface area contributed by atoms with Crippen LogP contribution in [0.2, 0.25) is 0 Å². The van der Waals surface area contributed by atoms with Crippen LogP contribution in [0.15, 0.2) is 30.5 Å². The smallest absolute Gasteiger partial charge is 0.251 e. The van der Waals surface area contributed by atoms with Crippen LogP contribution in [0, 0.1) is 6.92 Å². The first-order valence-corrected chi connectivity index (χ1v) is 8.97. The van der Waals surface area contributed by atoms with Crippen molar-refractivity contribution < 1.29 is 9.53 Å². The van der Waals surface area contributed by atoms with Crippen molar-refractivity contribution in [3.8, 4) is 0 Å². The zero-order valence-electron chi connectivity index (χ0n) is 15.7. The molecule has 3 rings (SSSR count). The van der Waals surface area contributed by atoms with Gasteiger partial charge in [-0.2, -0.15) is 0 Å². The maximum atomic E-state index is 12.5. The number of amides is 1. The van der Waals surface area contributed by atoms with Crippen LogP contribution in [0.25, 0.3) is 0 Å². The maximum absolute atomic E-state index is 12.5. The number of aryl methyl sites for hydroxylation is 1. The molecule has 1 aliphatic rings. The van der Waals surface area contributed by atoms with Gasteiger partial charge in [0.2, 0.25) is 0 Å². The second kappa shape index (κ2) is 8.38. The first-order chi connectivity index (χ1) is 12.6. The Kier molecular flexibility index (Phi) is 5.96. The molecule has 1 saturated heterocycles. The van der Waals surface area contributed by atoms with Crippen molar-refractivity contribution in [1.82, 2.24) is 20.2 Å². The van der Waals surface area contributed by atoms with Gasteiger partial charge in [0.25, 0.3) is 5.91 Å². The molecule has 1 aliphatic heterocycles. The van der Waals surface area contributed by atoms with E-state index in [4.69, 9.17) is 4.74 Å². The summed E-state index contributed by atoms with van der Waals surface area (Å²) in [6, 6.07) is 7.76. The molecule has 1 aromatic carbocycles. The average Bonchev–Trinajstić information content (AvgIpc) is 3.07. The summed E-state index contributed by atoms with van der Waals surface area (Å²) in [7, 11) is 3.78. The van der Waals surface area contributed by atoms with E-state index in [9.17, 15) is 4.79 Å². The zero-order valence-corrected chi connectivity index (χ0v) is 15.7. The van der Waals surface area contributed by atoms with Crippen molar-refractivity contribution in [1.29, 1.82) is 0 Å². The van der Waals surface area contributed by atoms with Crippen molar-refractivity contribution in [3.05, 3.63) is 58.7 Å². The van der Waals surface area contributed by atoms with Crippen LogP contribution in [-0.4, -0.2) is 41.5 Å². The molecular weight excluding hydrogens is 328 g/mol. The van der Waals surface area contributed by atoms with E-state index in [0.29, 0.717) is 24.8 Å². The molecule has 2 aromatic rings. The third-order valence-electron chi connectivity index (χ3n) is 4.82. The van der Waals surface area contributed by atoms with Gasteiger partial charge in [-0.1, -0.05) is 12.1 Å². The van der Waals surface area contributed by atoms with Gasteiger partial charge in [0.05, 0.1) is 18.3 Å². The molecule has 0 radical (unpaired) electrons. The SMILES string of the molecule is COCc1ccc(C(=O)NCc2cnc(C)nc2[C@@H]2CCCN2C)cc1. The van der Waals surface area contributed by atoms with Crippen LogP contribution >= 0.6 is 0 Å². The lowest BCUT2D eigenvalue weighted by Gasteiger charge is -2.21. The lowest BCUT2D eigenvalue weighted by Crippen LogP contribution is -2.26. The minimum atomic E-state index is -0.0970. The van der Waals surface area contributed by atoms with Crippen LogP contribution in [0.5, 0.6) is 0 Å². The van der Waals surface area contributed by atoms with Crippen molar-refractivity contribution >= 4 is 5.91 Å². The molecule has 1 N–H and O–H groups in total. The Balaban J connectivity index is 1.70. The summed E-state index contributed by atoms with van der Waals surface area (Å²) in [6.07, 6.45) is 4.10. The number of ether oxygens (including phenoxy) is 1. The molecule has 6 heteroatoms. The van der Waals surface area contributed by atoms with Crippen LogP contribution in [-0.2, 0) is 17.9 Å². The van der Waals surface area contributed by atoms with E-state index in [1.807, 2.05) is 37.4 Å². The van der Waals surface area contributed by atoms with Gasteiger partial charge in [0, 0.05) is 31.0 Å². The third-order valence-corrected chi connectivity index (χ3v) is 4.82. The molecule has 6 nitrogen and oxygen atoms in total. The summed E-state index contributed by atoms with van der Waals surface area (Å²) in [6.45, 7) is 3.95. The molecule has 1 amide bonds. The second-order valence-corrected chi connectivity index (χ2v) is 6.78. The van der Waals surface area contributed by atoms with Crippen molar-refractivity contribution in [2.75, 3.05) is 20.7 Å². The standard InChI is InChI=1S/C20H26N4O2/c1-14-21-11-17(19(23-14)18-5-4-10-24(18)2)12-22-20(25)16-8-6-15(7-9-16)13-26-3/h6-9,11,18H,4-5,10,12-13H2,1-3H3,(H,22,25)/t18-/m0/s1. The van der Waals surface area contributed by atoms with E-state index in [2.05, 4.69) is 27.2 Å². The largest absolute Gasteiger partial charge is 0.380 e. The number of nitrogens with one attached hydrogen (secondary N) is 1. The normalized spacial score (nSPS) is 17.4. The molecule has 1 fully saturated rings. The Labute approximate surface area is 154 Å². The van der Waals surface area contributed by atoms with E-state index < -0.39 is 0 Å². The quantitative estimate of drug-likeness (QED) is 0.864. The fraction of sp³-hybridized carbons (Fsp3) is 0.450. The molecule has 0 spiro atoms. The Bertz CT molecular complexity index is 761. The molecular formula is C20H26N4O2. The topological polar surface area (TPSA) is 67.3 Å². The Morgan fingerprint density at radius 1 is 1.35 bits per heavy atom. The minimum absolute atomic E-state index is 0.0970. The minimum Gasteiger partial charge on any atom is -0.380 e. The van der Waals surface area contributed by atoms with E-state index in [-0.39, 0.29) is 5.91 Å². The fourth-order valence-electron chi connectivity index (χ4n) is 3.39. The highest BCUT2D eigenvalue weighted by molar-refractivity contribution is 5.94. The number of nitrogens with zero attached hydrogens (tertiary/aromatic N) is 3. The number of hydrogen-bond donors (Lipinski definition) is 1. The third kappa shape index (κ3) is 4.26. The van der Waals surface area contributed by atoms with Gasteiger partial charge in [0.1, 0.15) is 5.82 Å². The summed E-state index contributed by atoms with van der Waals surface area (Å²) >= 11 is 0. The van der Waals surface area contributed by atoms with Crippen molar-refractivity contribution in [2.24, 2.45) is 0 Å². The van der Waals surface area contributed by atoms with Crippen LogP contribution in [0.3, 0.4) is 0 Å². The van der Waals surface area contributed by atoms with Gasteiger partial charge in [-0.25, -0.2) is 9.97 Å². The number of methoxy groups -OCH3 is 1. The monoisotopic (exact) mass is 354 g/mol. The first kappa shape index (κ1) is 18.5. The Morgan fingerprint density at radius 2 is 2.12 bits per heavy atom. The van der Waals surface area contributed by atoms with Gasteiger partial charge in [-0.15, -0.1) is 0 Å². The maximum Gasteiger partial charge on any atom is 0.251 e. The summed E-state index contributed by atoms with van der Waals surface area (Å²) in [5.41, 5.74) is 3.70. The number of carbonyl (C=O) groups excluding carboxylic acids is 1. The van der Waals surface area contributed by atoms with Crippen LogP contribution < -0.4 is 5.32 Å². The van der Waals surface area contributed by atoms with E-state index in [1.165, 1.54) is 6.42 Å². The van der Waals surface area contributed by atoms with Crippen LogP contribution in [0.1, 0.15) is 51.9 Å². The van der Waals surface area contributed by atoms with E-state index in [1.54, 1.807) is 7.11 Å². The zero-order chi connectivity index (χ0) is 18.5. The number of likely N-dealkylation sites (tertiary alicyclic amines) is 1. The van der Waals surface area contributed by atoms with Gasteiger partial charge < -0.3 is 10.1 Å². The van der Waals surface area contributed by atoms with Gasteiger partial charge >= 0.3 is 0 Å². The van der Waals surface area contributed by atoms with Gasteiger partial charge in [0.15, 0.2) is 0 Å². The van der Waals surface area contributed by atoms with Gasteiger partial charge in [-0.05, 0) is 51.1 Å². The molecule has 0 saturated carbocycles. The number of carbonyl (C=O) groups is 1. The lowest BCUT2D eigenvalue weighted by molar-refractivity contribution is 0.0950. The number of aromatic nitrogens is 2. The Morgan fingerprint density at radius 3 is 2.77 bits per heavy atom. The molecule has 1 atom stereocenters. The number of benzene rings is 1. The molecule has 138 valence electrons. The van der Waals surface area contributed by atoms with E-state index in [0.717, 1.165) is 35.6 Å². The highest BCUT2D eigenvalue weighted by Crippen LogP contribution is 2.31. The fourth-order valence-corrected chi connectivity index (χ4v) is 3.39. The van der Waals surface area contributed by atoms with Crippen LogP contribution in [0.4, 0.5) is 0 Å². The summed E-state index contributed by atoms with van der Waals surface area (Å²) in [5, 5.41) is 3.00. The molecule has 1 aromatic heterocycles. The molecule has 2 heterocycles. The first-order valence-electron chi connectivity index (χ1n) is 8.97. The molecule has 26 heavy (non-hydrogen) atoms. The summed E-state index contributed by atoms with van der Waals surface area (Å²) in [5.74, 6) is 0.671. The second-order valence-electron chi connectivity index (χ2n) is 6.78. The highest BCUT2D eigenvalue weighted by Gasteiger charge is 2.26. The van der Waals surface area contributed by atoms with Gasteiger partial charge in [-0.3, -0.25) is 9.69 Å². The average molecular weight is 354 g/mol. The number of rotatable bonds is 6.